The lowest BCUT2D eigenvalue weighted by molar-refractivity contribution is 0.172. The van der Waals surface area contributed by atoms with Crippen LogP contribution in [0, 0.1) is 5.92 Å². The van der Waals surface area contributed by atoms with Crippen LogP contribution in [0.5, 0.6) is 0 Å². The molecule has 1 aliphatic heterocycles. The van der Waals surface area contributed by atoms with Crippen molar-refractivity contribution in [1.82, 2.24) is 4.90 Å². The number of likely N-dealkylation sites (tertiary alicyclic amines) is 1. The minimum Gasteiger partial charge on any atom is -0.326 e. The van der Waals surface area contributed by atoms with E-state index in [4.69, 9.17) is 5.73 Å². The maximum Gasteiger partial charge on any atom is 0.0182 e. The van der Waals surface area contributed by atoms with Crippen molar-refractivity contribution in [2.45, 2.75) is 44.7 Å². The average molecular weight is 168 g/mol. The molecule has 0 amide bonds. The first-order valence-corrected chi connectivity index (χ1v) is 5.25. The Kier molecular flexibility index (Phi) is 2.37. The van der Waals surface area contributed by atoms with Crippen LogP contribution in [-0.4, -0.2) is 30.1 Å². The normalized spacial score (nSPS) is 38.5. The molecule has 2 heteroatoms. The van der Waals surface area contributed by atoms with Crippen LogP contribution in [0.4, 0.5) is 0 Å². The molecule has 12 heavy (non-hydrogen) atoms. The molecule has 0 aromatic heterocycles. The van der Waals surface area contributed by atoms with E-state index in [1.165, 1.54) is 32.2 Å². The van der Waals surface area contributed by atoms with Gasteiger partial charge in [-0.25, -0.2) is 0 Å². The maximum atomic E-state index is 5.91. The summed E-state index contributed by atoms with van der Waals surface area (Å²) < 4.78 is 0. The first-order valence-electron chi connectivity index (χ1n) is 5.25. The van der Waals surface area contributed by atoms with Gasteiger partial charge in [-0.3, -0.25) is 4.90 Å². The van der Waals surface area contributed by atoms with Gasteiger partial charge in [0.1, 0.15) is 0 Å². The Morgan fingerprint density at radius 3 is 2.58 bits per heavy atom. The van der Waals surface area contributed by atoms with Crippen LogP contribution in [0.3, 0.4) is 0 Å². The highest BCUT2D eigenvalue weighted by Gasteiger charge is 2.29. The van der Waals surface area contributed by atoms with Gasteiger partial charge in [-0.05, 0) is 32.1 Å². The Morgan fingerprint density at radius 2 is 2.17 bits per heavy atom. The van der Waals surface area contributed by atoms with E-state index < -0.39 is 0 Å². The van der Waals surface area contributed by atoms with Gasteiger partial charge >= 0.3 is 0 Å². The molecule has 2 aliphatic rings. The third kappa shape index (κ3) is 1.64. The molecule has 2 nitrogen and oxygen atoms in total. The summed E-state index contributed by atoms with van der Waals surface area (Å²) in [4.78, 5) is 2.58. The third-order valence-electron chi connectivity index (χ3n) is 3.45. The molecular formula is C10H20N2. The van der Waals surface area contributed by atoms with Gasteiger partial charge in [-0.1, -0.05) is 6.42 Å². The van der Waals surface area contributed by atoms with Crippen molar-refractivity contribution in [3.05, 3.63) is 0 Å². The van der Waals surface area contributed by atoms with Crippen molar-refractivity contribution < 1.29 is 0 Å². The zero-order chi connectivity index (χ0) is 8.55. The SMILES string of the molecule is CC1CC(N)CN1CC1CCC1. The second-order valence-corrected chi connectivity index (χ2v) is 4.60. The van der Waals surface area contributed by atoms with E-state index in [0.29, 0.717) is 6.04 Å². The lowest BCUT2D eigenvalue weighted by Crippen LogP contribution is -2.36. The van der Waals surface area contributed by atoms with E-state index in [1.54, 1.807) is 0 Å². The van der Waals surface area contributed by atoms with Crippen molar-refractivity contribution in [2.24, 2.45) is 11.7 Å². The van der Waals surface area contributed by atoms with Gasteiger partial charge in [0.15, 0.2) is 0 Å². The zero-order valence-electron chi connectivity index (χ0n) is 8.00. The first-order chi connectivity index (χ1) is 5.75. The van der Waals surface area contributed by atoms with E-state index in [1.807, 2.05) is 0 Å². The number of nitrogens with zero attached hydrogens (tertiary/aromatic N) is 1. The fourth-order valence-electron chi connectivity index (χ4n) is 2.40. The second kappa shape index (κ2) is 3.35. The van der Waals surface area contributed by atoms with Crippen LogP contribution in [-0.2, 0) is 0 Å². The molecule has 0 aromatic rings. The Bertz CT molecular complexity index is 154. The molecule has 1 saturated carbocycles. The molecule has 70 valence electrons. The van der Waals surface area contributed by atoms with Crippen LogP contribution in [0.1, 0.15) is 32.6 Å². The van der Waals surface area contributed by atoms with Gasteiger partial charge in [0.25, 0.3) is 0 Å². The van der Waals surface area contributed by atoms with Crippen molar-refractivity contribution in [3.63, 3.8) is 0 Å². The zero-order valence-corrected chi connectivity index (χ0v) is 8.00. The van der Waals surface area contributed by atoms with Crippen LogP contribution >= 0.6 is 0 Å². The van der Waals surface area contributed by atoms with E-state index in [9.17, 15) is 0 Å². The monoisotopic (exact) mass is 168 g/mol. The second-order valence-electron chi connectivity index (χ2n) is 4.60. The fraction of sp³-hybridized carbons (Fsp3) is 1.00. The summed E-state index contributed by atoms with van der Waals surface area (Å²) in [6.45, 7) is 4.76. The quantitative estimate of drug-likeness (QED) is 0.671. The largest absolute Gasteiger partial charge is 0.326 e. The van der Waals surface area contributed by atoms with Gasteiger partial charge in [0.05, 0.1) is 0 Å². The Balaban J connectivity index is 1.79. The standard InChI is InChI=1S/C10H20N2/c1-8-5-10(11)7-12(8)6-9-3-2-4-9/h8-10H,2-7,11H2,1H3. The highest BCUT2D eigenvalue weighted by Crippen LogP contribution is 2.29. The predicted octanol–water partition coefficient (Wildman–Crippen LogP) is 1.21. The first kappa shape index (κ1) is 8.52. The molecule has 0 spiro atoms. The molecular weight excluding hydrogens is 148 g/mol. The van der Waals surface area contributed by atoms with Crippen molar-refractivity contribution in [3.8, 4) is 0 Å². The molecule has 2 N–H and O–H groups in total. The number of nitrogens with two attached hydrogens (primary N) is 1. The minimum absolute atomic E-state index is 0.445. The highest BCUT2D eigenvalue weighted by molar-refractivity contribution is 4.87. The van der Waals surface area contributed by atoms with Gasteiger partial charge in [0.2, 0.25) is 0 Å². The topological polar surface area (TPSA) is 29.3 Å². The lowest BCUT2D eigenvalue weighted by atomic mass is 9.85. The van der Waals surface area contributed by atoms with E-state index in [0.717, 1.165) is 18.5 Å². The van der Waals surface area contributed by atoms with Crippen LogP contribution < -0.4 is 5.73 Å². The third-order valence-corrected chi connectivity index (χ3v) is 3.45. The Labute approximate surface area is 75.1 Å². The van der Waals surface area contributed by atoms with Crippen molar-refractivity contribution in [2.75, 3.05) is 13.1 Å². The molecule has 1 aliphatic carbocycles. The van der Waals surface area contributed by atoms with Crippen molar-refractivity contribution in [1.29, 1.82) is 0 Å². The Hall–Kier alpha value is -0.0800. The average Bonchev–Trinajstić information content (AvgIpc) is 2.21. The van der Waals surface area contributed by atoms with E-state index in [-0.39, 0.29) is 0 Å². The number of hydrogen-bond acceptors (Lipinski definition) is 2. The van der Waals surface area contributed by atoms with Gasteiger partial charge in [-0.2, -0.15) is 0 Å². The summed E-state index contributed by atoms with van der Waals surface area (Å²) in [7, 11) is 0. The van der Waals surface area contributed by atoms with Gasteiger partial charge in [-0.15, -0.1) is 0 Å². The highest BCUT2D eigenvalue weighted by atomic mass is 15.2. The summed E-state index contributed by atoms with van der Waals surface area (Å²) in [6.07, 6.45) is 5.57. The molecule has 1 saturated heterocycles. The van der Waals surface area contributed by atoms with E-state index >= 15 is 0 Å². The van der Waals surface area contributed by atoms with Gasteiger partial charge < -0.3 is 5.73 Å². The summed E-state index contributed by atoms with van der Waals surface area (Å²) in [5, 5.41) is 0. The number of hydrogen-bond donors (Lipinski definition) is 1. The fourth-order valence-corrected chi connectivity index (χ4v) is 2.40. The smallest absolute Gasteiger partial charge is 0.0182 e. The predicted molar refractivity (Wildman–Crippen MR) is 51.0 cm³/mol. The molecule has 2 atom stereocenters. The minimum atomic E-state index is 0.445. The lowest BCUT2D eigenvalue weighted by Gasteiger charge is -2.32. The maximum absolute atomic E-state index is 5.91. The van der Waals surface area contributed by atoms with Crippen LogP contribution in [0.2, 0.25) is 0 Å². The summed E-state index contributed by atoms with van der Waals surface area (Å²) in [5.41, 5.74) is 5.91. The van der Waals surface area contributed by atoms with Crippen LogP contribution in [0.25, 0.3) is 0 Å². The van der Waals surface area contributed by atoms with Crippen molar-refractivity contribution >= 4 is 0 Å². The summed E-state index contributed by atoms with van der Waals surface area (Å²) >= 11 is 0. The Morgan fingerprint density at radius 1 is 1.42 bits per heavy atom. The molecule has 0 bridgehead atoms. The summed E-state index contributed by atoms with van der Waals surface area (Å²) in [5.74, 6) is 0.998. The van der Waals surface area contributed by atoms with Crippen LogP contribution in [0.15, 0.2) is 0 Å². The molecule has 1 heterocycles. The molecule has 0 aromatic carbocycles. The molecule has 2 unspecified atom stereocenters. The van der Waals surface area contributed by atoms with Gasteiger partial charge in [0, 0.05) is 25.2 Å². The molecule has 2 rings (SSSR count). The number of rotatable bonds is 2. The summed E-state index contributed by atoms with van der Waals surface area (Å²) in [6, 6.07) is 1.18. The molecule has 2 fully saturated rings. The molecule has 0 radical (unpaired) electrons. The van der Waals surface area contributed by atoms with E-state index in [2.05, 4.69) is 11.8 Å².